The van der Waals surface area contributed by atoms with Gasteiger partial charge in [0.05, 0.1) is 7.11 Å². The molecule has 1 unspecified atom stereocenters. The van der Waals surface area contributed by atoms with Gasteiger partial charge >= 0.3 is 0 Å². The number of Topliss-reactive ketones (excluding diaryl/α,β-unsaturated/α-hetero) is 1. The molecule has 0 radical (unpaired) electrons. The Balaban J connectivity index is 1.82. The SMILES string of the molecule is COc1ccc(C(=O)COC2CCCCO2)cc1. The Bertz CT molecular complexity index is 379. The smallest absolute Gasteiger partial charge is 0.188 e. The zero-order valence-electron chi connectivity index (χ0n) is 10.6. The molecule has 18 heavy (non-hydrogen) atoms. The predicted octanol–water partition coefficient (Wildman–Crippen LogP) is 2.42. The highest BCUT2D eigenvalue weighted by Crippen LogP contribution is 2.15. The second-order valence-corrected chi connectivity index (χ2v) is 4.26. The van der Waals surface area contributed by atoms with Crippen molar-refractivity contribution >= 4 is 5.78 Å². The summed E-state index contributed by atoms with van der Waals surface area (Å²) in [5.74, 6) is 0.704. The number of methoxy groups -OCH3 is 1. The maximum atomic E-state index is 11.9. The van der Waals surface area contributed by atoms with Crippen molar-refractivity contribution in [3.8, 4) is 5.75 Å². The van der Waals surface area contributed by atoms with Crippen molar-refractivity contribution in [3.05, 3.63) is 29.8 Å². The van der Waals surface area contributed by atoms with E-state index in [1.165, 1.54) is 0 Å². The van der Waals surface area contributed by atoms with Crippen LogP contribution in [0.2, 0.25) is 0 Å². The molecule has 1 aliphatic rings. The van der Waals surface area contributed by atoms with Gasteiger partial charge in [-0.1, -0.05) is 0 Å². The quantitative estimate of drug-likeness (QED) is 0.753. The van der Waals surface area contributed by atoms with Crippen LogP contribution in [-0.2, 0) is 9.47 Å². The van der Waals surface area contributed by atoms with Crippen molar-refractivity contribution < 1.29 is 19.0 Å². The van der Waals surface area contributed by atoms with Crippen LogP contribution in [0.4, 0.5) is 0 Å². The summed E-state index contributed by atoms with van der Waals surface area (Å²) in [6.45, 7) is 0.790. The zero-order valence-corrected chi connectivity index (χ0v) is 10.6. The Morgan fingerprint density at radius 2 is 2.11 bits per heavy atom. The fourth-order valence-electron chi connectivity index (χ4n) is 1.87. The van der Waals surface area contributed by atoms with Gasteiger partial charge in [-0.05, 0) is 43.5 Å². The fourth-order valence-corrected chi connectivity index (χ4v) is 1.87. The lowest BCUT2D eigenvalue weighted by Gasteiger charge is -2.22. The summed E-state index contributed by atoms with van der Waals surface area (Å²) < 4.78 is 15.9. The second-order valence-electron chi connectivity index (χ2n) is 4.26. The normalized spacial score (nSPS) is 19.5. The molecule has 4 nitrogen and oxygen atoms in total. The van der Waals surface area contributed by atoms with E-state index in [-0.39, 0.29) is 18.7 Å². The molecule has 1 atom stereocenters. The first kappa shape index (κ1) is 13.1. The molecule has 1 fully saturated rings. The Hall–Kier alpha value is -1.39. The lowest BCUT2D eigenvalue weighted by atomic mass is 10.1. The van der Waals surface area contributed by atoms with Gasteiger partial charge < -0.3 is 14.2 Å². The molecule has 0 spiro atoms. The first-order valence-electron chi connectivity index (χ1n) is 6.20. The largest absolute Gasteiger partial charge is 0.497 e. The van der Waals surface area contributed by atoms with Crippen LogP contribution in [-0.4, -0.2) is 32.4 Å². The average molecular weight is 250 g/mol. The van der Waals surface area contributed by atoms with E-state index in [4.69, 9.17) is 14.2 Å². The van der Waals surface area contributed by atoms with Crippen LogP contribution in [0.1, 0.15) is 29.6 Å². The first-order chi connectivity index (χ1) is 8.79. The molecule has 0 saturated carbocycles. The molecule has 1 saturated heterocycles. The molecule has 1 aliphatic heterocycles. The maximum absolute atomic E-state index is 11.9. The summed E-state index contributed by atoms with van der Waals surface area (Å²) in [4.78, 5) is 11.9. The van der Waals surface area contributed by atoms with E-state index in [1.54, 1.807) is 31.4 Å². The van der Waals surface area contributed by atoms with Crippen LogP contribution in [0.15, 0.2) is 24.3 Å². The molecule has 0 bridgehead atoms. The molecule has 2 rings (SSSR count). The second kappa shape index (κ2) is 6.52. The van der Waals surface area contributed by atoms with Crippen LogP contribution in [0, 0.1) is 0 Å². The summed E-state index contributed by atoms with van der Waals surface area (Å²) in [6, 6.07) is 7.02. The molecule has 0 aliphatic carbocycles. The molecule has 1 aromatic carbocycles. The fraction of sp³-hybridized carbons (Fsp3) is 0.500. The summed E-state index contributed by atoms with van der Waals surface area (Å²) in [5, 5.41) is 0. The van der Waals surface area contributed by atoms with Gasteiger partial charge in [-0.2, -0.15) is 0 Å². The molecule has 0 aromatic heterocycles. The van der Waals surface area contributed by atoms with Crippen LogP contribution >= 0.6 is 0 Å². The monoisotopic (exact) mass is 250 g/mol. The topological polar surface area (TPSA) is 44.8 Å². The Labute approximate surface area is 107 Å². The minimum absolute atomic E-state index is 0.0353. The van der Waals surface area contributed by atoms with Gasteiger partial charge in [0.15, 0.2) is 12.1 Å². The third-order valence-corrected chi connectivity index (χ3v) is 2.95. The molecule has 0 amide bonds. The van der Waals surface area contributed by atoms with Gasteiger partial charge in [0.1, 0.15) is 12.4 Å². The maximum Gasteiger partial charge on any atom is 0.188 e. The van der Waals surface area contributed by atoms with E-state index in [0.29, 0.717) is 5.56 Å². The van der Waals surface area contributed by atoms with Gasteiger partial charge in [-0.15, -0.1) is 0 Å². The lowest BCUT2D eigenvalue weighted by molar-refractivity contribution is -0.155. The molecular formula is C14H18O4. The number of ketones is 1. The minimum atomic E-state index is -0.221. The standard InChI is InChI=1S/C14H18O4/c1-16-12-7-5-11(6-8-12)13(15)10-18-14-4-2-3-9-17-14/h5-8,14H,2-4,9-10H2,1H3. The van der Waals surface area contributed by atoms with Gasteiger partial charge in [-0.3, -0.25) is 4.79 Å². The van der Waals surface area contributed by atoms with Crippen molar-refractivity contribution in [3.63, 3.8) is 0 Å². The molecule has 98 valence electrons. The van der Waals surface area contributed by atoms with E-state index >= 15 is 0 Å². The Morgan fingerprint density at radius 1 is 1.33 bits per heavy atom. The molecule has 1 aromatic rings. The molecule has 1 heterocycles. The summed E-state index contributed by atoms with van der Waals surface area (Å²) in [6.07, 6.45) is 2.82. The zero-order chi connectivity index (χ0) is 12.8. The number of hydrogen-bond acceptors (Lipinski definition) is 4. The van der Waals surface area contributed by atoms with Crippen LogP contribution in [0.25, 0.3) is 0 Å². The van der Waals surface area contributed by atoms with Crippen molar-refractivity contribution in [2.75, 3.05) is 20.3 Å². The number of ether oxygens (including phenoxy) is 3. The van der Waals surface area contributed by atoms with E-state index in [1.807, 2.05) is 0 Å². The van der Waals surface area contributed by atoms with Gasteiger partial charge in [0.2, 0.25) is 0 Å². The van der Waals surface area contributed by atoms with Gasteiger partial charge in [-0.25, -0.2) is 0 Å². The summed E-state index contributed by atoms with van der Waals surface area (Å²) >= 11 is 0. The number of benzene rings is 1. The van der Waals surface area contributed by atoms with Crippen molar-refractivity contribution in [2.24, 2.45) is 0 Å². The van der Waals surface area contributed by atoms with Crippen LogP contribution in [0.3, 0.4) is 0 Å². The van der Waals surface area contributed by atoms with E-state index in [2.05, 4.69) is 0 Å². The highest BCUT2D eigenvalue weighted by Gasteiger charge is 2.16. The van der Waals surface area contributed by atoms with Crippen LogP contribution in [0.5, 0.6) is 5.75 Å². The van der Waals surface area contributed by atoms with Crippen molar-refractivity contribution in [1.29, 1.82) is 0 Å². The number of carbonyl (C=O) groups excluding carboxylic acids is 1. The molecule has 0 N–H and O–H groups in total. The average Bonchev–Trinajstić information content (AvgIpc) is 2.46. The third-order valence-electron chi connectivity index (χ3n) is 2.95. The molecular weight excluding hydrogens is 232 g/mol. The van der Waals surface area contributed by atoms with Crippen molar-refractivity contribution in [2.45, 2.75) is 25.6 Å². The van der Waals surface area contributed by atoms with Crippen LogP contribution < -0.4 is 4.74 Å². The first-order valence-corrected chi connectivity index (χ1v) is 6.20. The number of rotatable bonds is 5. The highest BCUT2D eigenvalue weighted by atomic mass is 16.7. The van der Waals surface area contributed by atoms with Gasteiger partial charge in [0.25, 0.3) is 0 Å². The van der Waals surface area contributed by atoms with Gasteiger partial charge in [0, 0.05) is 12.2 Å². The Kier molecular flexibility index (Phi) is 4.73. The number of hydrogen-bond donors (Lipinski definition) is 0. The third kappa shape index (κ3) is 3.55. The highest BCUT2D eigenvalue weighted by molar-refractivity contribution is 5.97. The summed E-state index contributed by atoms with van der Waals surface area (Å²) in [7, 11) is 1.60. The predicted molar refractivity (Wildman–Crippen MR) is 66.9 cm³/mol. The Morgan fingerprint density at radius 3 is 2.72 bits per heavy atom. The number of carbonyl (C=O) groups is 1. The lowest BCUT2D eigenvalue weighted by Crippen LogP contribution is -2.25. The summed E-state index contributed by atoms with van der Waals surface area (Å²) in [5.41, 5.74) is 0.631. The van der Waals surface area contributed by atoms with E-state index in [0.717, 1.165) is 31.6 Å². The van der Waals surface area contributed by atoms with Crippen molar-refractivity contribution in [1.82, 2.24) is 0 Å². The minimum Gasteiger partial charge on any atom is -0.497 e. The van der Waals surface area contributed by atoms with E-state index in [9.17, 15) is 4.79 Å². The van der Waals surface area contributed by atoms with E-state index < -0.39 is 0 Å². The molecule has 4 heteroatoms.